The number of anilines is 1. The molecule has 11 heteroatoms. The van der Waals surface area contributed by atoms with E-state index in [0.29, 0.717) is 36.4 Å². The van der Waals surface area contributed by atoms with E-state index in [1.807, 2.05) is 4.57 Å². The van der Waals surface area contributed by atoms with Crippen LogP contribution in [0, 0.1) is 9.65 Å². The molecule has 0 amide bonds. The van der Waals surface area contributed by atoms with Crippen molar-refractivity contribution in [3.63, 3.8) is 0 Å². The number of hydrogen-bond acceptors (Lipinski definition) is 6. The smallest absolute Gasteiger partial charge is 0.312 e. The largest absolute Gasteiger partial charge is 0.382 e. The van der Waals surface area contributed by atoms with Crippen molar-refractivity contribution in [2.24, 2.45) is 0 Å². The van der Waals surface area contributed by atoms with Crippen molar-refractivity contribution >= 4 is 49.6 Å². The number of halogens is 2. The molecule has 2 aromatic heterocycles. The lowest BCUT2D eigenvalue weighted by molar-refractivity contribution is 0.539. The summed E-state index contributed by atoms with van der Waals surface area (Å²) in [5, 5.41) is -0.504. The lowest BCUT2D eigenvalue weighted by Crippen LogP contribution is -2.32. The number of nitrogens with two attached hydrogens (primary N) is 1. The minimum atomic E-state index is -3.35. The molecule has 8 nitrogen and oxygen atoms in total. The number of fused-ring (bicyclic) bond motifs is 2. The average molecular weight is 572 g/mol. The second kappa shape index (κ2) is 9.18. The highest BCUT2D eigenvalue weighted by Gasteiger charge is 2.20. The quantitative estimate of drug-likeness (QED) is 0.244. The number of benzene rings is 1. The van der Waals surface area contributed by atoms with Gasteiger partial charge in [-0.25, -0.2) is 18.1 Å². The highest BCUT2D eigenvalue weighted by atomic mass is 127. The summed E-state index contributed by atoms with van der Waals surface area (Å²) < 4.78 is 43.5. The summed E-state index contributed by atoms with van der Waals surface area (Å²) in [5.74, 6) is 0.700. The van der Waals surface area contributed by atoms with Gasteiger partial charge in [-0.15, -0.1) is 0 Å². The molecule has 0 atom stereocenters. The van der Waals surface area contributed by atoms with E-state index in [9.17, 15) is 12.8 Å². The Hall–Kier alpha value is -1.86. The van der Waals surface area contributed by atoms with Gasteiger partial charge in [0.1, 0.15) is 5.82 Å². The standard InChI is InChI=1S/C21H26FIN6O2S/c1-12(2)32(30,31)25-7-4-8-29-17(26-18-19(24)27-21(22)28-20(18)29)11-15-9-13-5-3-6-14(13)10-16(15)23/h9-10,12,25H,3-8,11H2,1-2H3,(H2,24,27,28). The van der Waals surface area contributed by atoms with Crippen LogP contribution in [0.5, 0.6) is 0 Å². The van der Waals surface area contributed by atoms with Gasteiger partial charge < -0.3 is 10.3 Å². The van der Waals surface area contributed by atoms with E-state index in [1.54, 1.807) is 13.8 Å². The average Bonchev–Trinajstić information content (AvgIpc) is 3.30. The van der Waals surface area contributed by atoms with Gasteiger partial charge in [0, 0.05) is 23.1 Å². The van der Waals surface area contributed by atoms with Crippen LogP contribution in [0.25, 0.3) is 11.2 Å². The van der Waals surface area contributed by atoms with E-state index in [-0.39, 0.29) is 12.4 Å². The zero-order chi connectivity index (χ0) is 23.0. The summed E-state index contributed by atoms with van der Waals surface area (Å²) >= 11 is 2.35. The highest BCUT2D eigenvalue weighted by Crippen LogP contribution is 2.29. The Morgan fingerprint density at radius 2 is 1.94 bits per heavy atom. The zero-order valence-corrected chi connectivity index (χ0v) is 21.0. The molecule has 0 saturated carbocycles. The fraction of sp³-hybridized carbons (Fsp3) is 0.476. The van der Waals surface area contributed by atoms with Crippen LogP contribution in [0.4, 0.5) is 10.2 Å². The van der Waals surface area contributed by atoms with E-state index in [1.165, 1.54) is 17.5 Å². The third kappa shape index (κ3) is 4.74. The molecule has 1 aliphatic rings. The van der Waals surface area contributed by atoms with Gasteiger partial charge in [-0.1, -0.05) is 6.07 Å². The first-order valence-electron chi connectivity index (χ1n) is 10.6. The van der Waals surface area contributed by atoms with Crippen LogP contribution < -0.4 is 10.5 Å². The van der Waals surface area contributed by atoms with Crippen LogP contribution in [-0.2, 0) is 35.8 Å². The summed E-state index contributed by atoms with van der Waals surface area (Å²) in [6.45, 7) is 3.94. The predicted molar refractivity (Wildman–Crippen MR) is 130 cm³/mol. The van der Waals surface area contributed by atoms with Crippen LogP contribution in [0.15, 0.2) is 12.1 Å². The normalized spacial score (nSPS) is 13.9. The molecule has 2 heterocycles. The Morgan fingerprint density at radius 3 is 2.66 bits per heavy atom. The Morgan fingerprint density at radius 1 is 1.22 bits per heavy atom. The van der Waals surface area contributed by atoms with Crippen molar-refractivity contribution in [1.82, 2.24) is 24.2 Å². The second-order valence-corrected chi connectivity index (χ2v) is 11.8. The van der Waals surface area contributed by atoms with Gasteiger partial charge in [-0.2, -0.15) is 14.4 Å². The van der Waals surface area contributed by atoms with Crippen LogP contribution in [-0.4, -0.2) is 39.7 Å². The monoisotopic (exact) mass is 572 g/mol. The lowest BCUT2D eigenvalue weighted by atomic mass is 10.0. The zero-order valence-electron chi connectivity index (χ0n) is 18.0. The number of nitrogens with zero attached hydrogens (tertiary/aromatic N) is 4. The molecule has 0 spiro atoms. The van der Waals surface area contributed by atoms with Crippen LogP contribution in [0.3, 0.4) is 0 Å². The number of rotatable bonds is 8. The van der Waals surface area contributed by atoms with Gasteiger partial charge in [0.25, 0.3) is 0 Å². The van der Waals surface area contributed by atoms with Crippen molar-refractivity contribution in [2.45, 2.75) is 57.7 Å². The molecular weight excluding hydrogens is 546 g/mol. The molecule has 0 bridgehead atoms. The number of imidazole rings is 1. The SMILES string of the molecule is CC(C)S(=O)(=O)NCCCn1c(Cc2cc3c(cc2I)CCC3)nc2c(N)nc(F)nc21. The Balaban J connectivity index is 1.64. The Kier molecular flexibility index (Phi) is 6.68. The first kappa shape index (κ1) is 23.3. The first-order chi connectivity index (χ1) is 15.2. The minimum Gasteiger partial charge on any atom is -0.382 e. The summed E-state index contributed by atoms with van der Waals surface area (Å²) in [4.78, 5) is 12.2. The molecule has 32 heavy (non-hydrogen) atoms. The third-order valence-corrected chi connectivity index (χ3v) is 8.62. The summed E-state index contributed by atoms with van der Waals surface area (Å²) in [6.07, 6.45) is 3.50. The van der Waals surface area contributed by atoms with Crippen molar-refractivity contribution in [2.75, 3.05) is 12.3 Å². The minimum absolute atomic E-state index is 0.00309. The van der Waals surface area contributed by atoms with E-state index in [4.69, 9.17) is 5.73 Å². The van der Waals surface area contributed by atoms with Crippen LogP contribution >= 0.6 is 22.6 Å². The van der Waals surface area contributed by atoms with Gasteiger partial charge in [0.05, 0.1) is 5.25 Å². The van der Waals surface area contributed by atoms with Crippen molar-refractivity contribution in [3.05, 3.63) is 44.3 Å². The van der Waals surface area contributed by atoms with Crippen molar-refractivity contribution in [1.29, 1.82) is 0 Å². The molecule has 4 rings (SSSR count). The van der Waals surface area contributed by atoms with Crippen molar-refractivity contribution < 1.29 is 12.8 Å². The van der Waals surface area contributed by atoms with Crippen LogP contribution in [0.2, 0.25) is 0 Å². The fourth-order valence-electron chi connectivity index (χ4n) is 3.98. The highest BCUT2D eigenvalue weighted by molar-refractivity contribution is 14.1. The molecule has 0 fully saturated rings. The van der Waals surface area contributed by atoms with Gasteiger partial charge in [-0.05, 0) is 84.9 Å². The first-order valence-corrected chi connectivity index (χ1v) is 13.2. The number of aryl methyl sites for hydroxylation is 3. The summed E-state index contributed by atoms with van der Waals surface area (Å²) in [6, 6.07) is 4.47. The van der Waals surface area contributed by atoms with E-state index in [0.717, 1.165) is 22.0 Å². The molecule has 3 aromatic rings. The molecule has 0 aliphatic heterocycles. The van der Waals surface area contributed by atoms with E-state index >= 15 is 0 Å². The number of nitrogen functional groups attached to an aromatic ring is 1. The Labute approximate surface area is 200 Å². The molecule has 172 valence electrons. The number of hydrogen-bond donors (Lipinski definition) is 2. The second-order valence-electron chi connectivity index (χ2n) is 8.31. The van der Waals surface area contributed by atoms with E-state index in [2.05, 4.69) is 54.4 Å². The number of nitrogens with one attached hydrogen (secondary N) is 1. The topological polar surface area (TPSA) is 116 Å². The van der Waals surface area contributed by atoms with E-state index < -0.39 is 21.4 Å². The maximum absolute atomic E-state index is 13.9. The molecule has 1 aromatic carbocycles. The number of aromatic nitrogens is 4. The van der Waals surface area contributed by atoms with Crippen LogP contribution in [0.1, 0.15) is 49.2 Å². The Bertz CT molecular complexity index is 1280. The van der Waals surface area contributed by atoms with Gasteiger partial charge in [-0.3, -0.25) is 0 Å². The molecule has 0 unspecified atom stereocenters. The fourth-order valence-corrected chi connectivity index (χ4v) is 5.46. The van der Waals surface area contributed by atoms with Gasteiger partial charge in [0.2, 0.25) is 10.0 Å². The van der Waals surface area contributed by atoms with Crippen molar-refractivity contribution in [3.8, 4) is 0 Å². The predicted octanol–water partition coefficient (Wildman–Crippen LogP) is 2.95. The summed E-state index contributed by atoms with van der Waals surface area (Å²) in [7, 11) is -3.35. The maximum Gasteiger partial charge on any atom is 0.312 e. The third-order valence-electron chi connectivity index (χ3n) is 5.77. The van der Waals surface area contributed by atoms with Gasteiger partial charge >= 0.3 is 6.08 Å². The molecule has 0 saturated heterocycles. The van der Waals surface area contributed by atoms with Gasteiger partial charge in [0.15, 0.2) is 17.0 Å². The molecule has 1 aliphatic carbocycles. The molecule has 3 N–H and O–H groups in total. The lowest BCUT2D eigenvalue weighted by Gasteiger charge is -2.13. The summed E-state index contributed by atoms with van der Waals surface area (Å²) in [5.41, 5.74) is 10.5. The number of sulfonamides is 1. The molecule has 0 radical (unpaired) electrons. The molecular formula is C21H26FIN6O2S. The maximum atomic E-state index is 13.9.